The van der Waals surface area contributed by atoms with E-state index in [0.717, 1.165) is 11.1 Å². The normalized spacial score (nSPS) is 14.3. The van der Waals surface area contributed by atoms with E-state index in [2.05, 4.69) is 11.8 Å². The summed E-state index contributed by atoms with van der Waals surface area (Å²) in [6.45, 7) is 2.08. The van der Waals surface area contributed by atoms with Crippen LogP contribution in [-0.2, 0) is 3.79 Å². The highest BCUT2D eigenvalue weighted by Crippen LogP contribution is 2.41. The van der Waals surface area contributed by atoms with E-state index >= 15 is 0 Å². The fraction of sp³-hybridized carbons (Fsp3) is 0.455. The summed E-state index contributed by atoms with van der Waals surface area (Å²) in [7, 11) is 4.00. The first kappa shape index (κ1) is 13.1. The molecule has 0 bridgehead atoms. The van der Waals surface area contributed by atoms with E-state index in [1.165, 1.54) is 0 Å². The molecule has 1 aromatic carbocycles. The Labute approximate surface area is 106 Å². The zero-order valence-corrected chi connectivity index (χ0v) is 11.2. The number of hydrogen-bond donors (Lipinski definition) is 0. The monoisotopic (exact) mass is 265 g/mol. The van der Waals surface area contributed by atoms with Crippen molar-refractivity contribution in [2.75, 3.05) is 14.1 Å². The summed E-state index contributed by atoms with van der Waals surface area (Å²) < 4.78 is -1.36. The summed E-state index contributed by atoms with van der Waals surface area (Å²) in [6, 6.07) is 7.89. The Kier molecular flexibility index (Phi) is 4.30. The molecule has 0 aliphatic heterocycles. The van der Waals surface area contributed by atoms with Crippen LogP contribution in [0.3, 0.4) is 0 Å². The molecule has 0 saturated heterocycles. The van der Waals surface area contributed by atoms with E-state index in [-0.39, 0.29) is 6.04 Å². The van der Waals surface area contributed by atoms with Crippen LogP contribution in [-0.4, -0.2) is 19.0 Å². The topological polar surface area (TPSA) is 3.24 Å². The molecule has 0 aromatic heterocycles. The molecule has 0 amide bonds. The van der Waals surface area contributed by atoms with E-state index in [0.29, 0.717) is 0 Å². The Bertz CT molecular complexity index is 331. The molecule has 0 aliphatic carbocycles. The van der Waals surface area contributed by atoms with E-state index in [4.69, 9.17) is 34.8 Å². The molecule has 1 atom stereocenters. The minimum Gasteiger partial charge on any atom is -0.303 e. The maximum atomic E-state index is 5.92. The molecule has 1 rings (SSSR count). The molecule has 84 valence electrons. The fourth-order valence-electron chi connectivity index (χ4n) is 1.40. The van der Waals surface area contributed by atoms with Crippen LogP contribution in [0.15, 0.2) is 24.3 Å². The van der Waals surface area contributed by atoms with E-state index in [1.54, 1.807) is 0 Å². The van der Waals surface area contributed by atoms with Crippen LogP contribution in [0.2, 0.25) is 0 Å². The molecule has 4 heteroatoms. The SMILES string of the molecule is CC(c1ccccc1C(Cl)(Cl)Cl)N(C)C. The molecule has 0 aliphatic rings. The van der Waals surface area contributed by atoms with Crippen molar-refractivity contribution in [3.05, 3.63) is 35.4 Å². The van der Waals surface area contributed by atoms with Crippen LogP contribution in [0, 0.1) is 0 Å². The third-order valence-corrected chi connectivity index (χ3v) is 3.10. The van der Waals surface area contributed by atoms with Gasteiger partial charge in [-0.15, -0.1) is 0 Å². The van der Waals surface area contributed by atoms with E-state index < -0.39 is 3.79 Å². The van der Waals surface area contributed by atoms with Crippen molar-refractivity contribution >= 4 is 34.8 Å². The van der Waals surface area contributed by atoms with Gasteiger partial charge in [0.1, 0.15) is 0 Å². The number of alkyl halides is 3. The largest absolute Gasteiger partial charge is 0.303 e. The lowest BCUT2D eigenvalue weighted by Crippen LogP contribution is -2.19. The predicted molar refractivity (Wildman–Crippen MR) is 67.8 cm³/mol. The van der Waals surface area contributed by atoms with Crippen molar-refractivity contribution in [2.24, 2.45) is 0 Å². The van der Waals surface area contributed by atoms with Crippen LogP contribution in [0.1, 0.15) is 24.1 Å². The Hall–Kier alpha value is 0.0500. The molecule has 0 radical (unpaired) electrons. The third kappa shape index (κ3) is 3.25. The van der Waals surface area contributed by atoms with Gasteiger partial charge >= 0.3 is 0 Å². The summed E-state index contributed by atoms with van der Waals surface area (Å²) in [5, 5.41) is 0. The van der Waals surface area contributed by atoms with Gasteiger partial charge in [0.05, 0.1) is 0 Å². The Balaban J connectivity index is 3.18. The smallest absolute Gasteiger partial charge is 0.216 e. The number of rotatable bonds is 2. The first-order chi connectivity index (χ1) is 6.84. The maximum Gasteiger partial charge on any atom is 0.216 e. The minimum atomic E-state index is -1.36. The Morgan fingerprint density at radius 3 is 2.13 bits per heavy atom. The van der Waals surface area contributed by atoms with Gasteiger partial charge in [0.2, 0.25) is 3.79 Å². The zero-order valence-electron chi connectivity index (χ0n) is 8.97. The summed E-state index contributed by atoms with van der Waals surface area (Å²) in [4.78, 5) is 2.08. The highest BCUT2D eigenvalue weighted by molar-refractivity contribution is 6.66. The average Bonchev–Trinajstić information content (AvgIpc) is 2.15. The van der Waals surface area contributed by atoms with Crippen molar-refractivity contribution in [1.82, 2.24) is 4.90 Å². The lowest BCUT2D eigenvalue weighted by Gasteiger charge is -2.25. The minimum absolute atomic E-state index is 0.219. The van der Waals surface area contributed by atoms with Gasteiger partial charge in [-0.2, -0.15) is 0 Å². The summed E-state index contributed by atoms with van der Waals surface area (Å²) in [5.74, 6) is 0. The lowest BCUT2D eigenvalue weighted by molar-refractivity contribution is 0.319. The number of hydrogen-bond acceptors (Lipinski definition) is 1. The van der Waals surface area contributed by atoms with Crippen molar-refractivity contribution in [2.45, 2.75) is 16.8 Å². The second-order valence-electron chi connectivity index (χ2n) is 3.72. The number of halogens is 3. The molecule has 0 spiro atoms. The highest BCUT2D eigenvalue weighted by atomic mass is 35.6. The molecular formula is C11H14Cl3N. The number of nitrogens with zero attached hydrogens (tertiary/aromatic N) is 1. The zero-order chi connectivity index (χ0) is 11.6. The molecule has 0 heterocycles. The first-order valence-corrected chi connectivity index (χ1v) is 5.80. The van der Waals surface area contributed by atoms with Crippen LogP contribution >= 0.6 is 34.8 Å². The second-order valence-corrected chi connectivity index (χ2v) is 6.01. The number of benzene rings is 1. The molecule has 0 saturated carbocycles. The quantitative estimate of drug-likeness (QED) is 0.727. The average molecular weight is 267 g/mol. The van der Waals surface area contributed by atoms with Gasteiger partial charge in [-0.05, 0) is 26.6 Å². The first-order valence-electron chi connectivity index (χ1n) is 4.66. The molecule has 1 aromatic rings. The standard InChI is InChI=1S/C11H14Cl3N/c1-8(15(2)3)9-6-4-5-7-10(9)11(12,13)14/h4-8H,1-3H3. The second kappa shape index (κ2) is 4.92. The molecule has 1 nitrogen and oxygen atoms in total. The van der Waals surface area contributed by atoms with Crippen LogP contribution < -0.4 is 0 Å². The predicted octanol–water partition coefficient (Wildman–Crippen LogP) is 4.14. The Morgan fingerprint density at radius 1 is 1.13 bits per heavy atom. The van der Waals surface area contributed by atoms with Crippen molar-refractivity contribution < 1.29 is 0 Å². The summed E-state index contributed by atoms with van der Waals surface area (Å²) in [5.41, 5.74) is 1.79. The van der Waals surface area contributed by atoms with Gasteiger partial charge < -0.3 is 4.90 Å². The highest BCUT2D eigenvalue weighted by Gasteiger charge is 2.27. The summed E-state index contributed by atoms with van der Waals surface area (Å²) >= 11 is 17.8. The van der Waals surface area contributed by atoms with E-state index in [9.17, 15) is 0 Å². The maximum absolute atomic E-state index is 5.92. The van der Waals surface area contributed by atoms with Gasteiger partial charge in [0.25, 0.3) is 0 Å². The van der Waals surface area contributed by atoms with Gasteiger partial charge in [-0.3, -0.25) is 0 Å². The van der Waals surface area contributed by atoms with Gasteiger partial charge in [0, 0.05) is 11.6 Å². The van der Waals surface area contributed by atoms with Crippen molar-refractivity contribution in [1.29, 1.82) is 0 Å². The molecule has 0 fully saturated rings. The van der Waals surface area contributed by atoms with Crippen molar-refractivity contribution in [3.8, 4) is 0 Å². The van der Waals surface area contributed by atoms with Crippen LogP contribution in [0.4, 0.5) is 0 Å². The lowest BCUT2D eigenvalue weighted by atomic mass is 10.0. The van der Waals surface area contributed by atoms with Crippen LogP contribution in [0.25, 0.3) is 0 Å². The molecule has 15 heavy (non-hydrogen) atoms. The van der Waals surface area contributed by atoms with E-state index in [1.807, 2.05) is 38.4 Å². The van der Waals surface area contributed by atoms with Crippen LogP contribution in [0.5, 0.6) is 0 Å². The van der Waals surface area contributed by atoms with Crippen molar-refractivity contribution in [3.63, 3.8) is 0 Å². The summed E-state index contributed by atoms with van der Waals surface area (Å²) in [6.07, 6.45) is 0. The van der Waals surface area contributed by atoms with Gasteiger partial charge in [0.15, 0.2) is 0 Å². The third-order valence-electron chi connectivity index (χ3n) is 2.49. The Morgan fingerprint density at radius 2 is 1.67 bits per heavy atom. The molecule has 0 N–H and O–H groups in total. The fourth-order valence-corrected chi connectivity index (χ4v) is 1.91. The van der Waals surface area contributed by atoms with Gasteiger partial charge in [-0.25, -0.2) is 0 Å². The molecule has 1 unspecified atom stereocenters. The molecular weight excluding hydrogens is 252 g/mol. The van der Waals surface area contributed by atoms with Gasteiger partial charge in [-0.1, -0.05) is 59.1 Å².